The van der Waals surface area contributed by atoms with Crippen LogP contribution in [-0.2, 0) is 11.3 Å². The van der Waals surface area contributed by atoms with E-state index in [2.05, 4.69) is 10.2 Å². The molecule has 0 spiro atoms. The van der Waals surface area contributed by atoms with Gasteiger partial charge in [-0.3, -0.25) is 14.4 Å². The number of carbonyl (C=O) groups is 2. The number of aromatic amines is 1. The van der Waals surface area contributed by atoms with Crippen molar-refractivity contribution in [3.8, 4) is 0 Å². The average molecular weight is 315 g/mol. The molecule has 7 heteroatoms. The molecule has 0 fully saturated rings. The number of H-pyrrole nitrogens is 1. The van der Waals surface area contributed by atoms with Crippen molar-refractivity contribution in [2.24, 2.45) is 0 Å². The van der Waals surface area contributed by atoms with Crippen molar-refractivity contribution in [3.63, 3.8) is 0 Å². The molecule has 2 rings (SSSR count). The number of nitrogens with zero attached hydrogens (tertiary/aromatic N) is 2. The van der Waals surface area contributed by atoms with Gasteiger partial charge in [-0.25, -0.2) is 5.10 Å². The van der Waals surface area contributed by atoms with Gasteiger partial charge in [-0.1, -0.05) is 30.3 Å². The van der Waals surface area contributed by atoms with Crippen LogP contribution in [0.25, 0.3) is 0 Å². The largest absolute Gasteiger partial charge is 0.481 e. The summed E-state index contributed by atoms with van der Waals surface area (Å²) in [6.07, 6.45) is 0.328. The van der Waals surface area contributed by atoms with Crippen LogP contribution in [0.1, 0.15) is 28.9 Å². The number of nitrogens with one attached hydrogen (secondary N) is 1. The van der Waals surface area contributed by atoms with Gasteiger partial charge in [0.15, 0.2) is 0 Å². The average Bonchev–Trinajstić information content (AvgIpc) is 2.54. The molecule has 0 aliphatic rings. The fraction of sp³-hybridized carbons (Fsp3) is 0.250. The first-order chi connectivity index (χ1) is 11.1. The summed E-state index contributed by atoms with van der Waals surface area (Å²) < 4.78 is 0. The summed E-state index contributed by atoms with van der Waals surface area (Å²) >= 11 is 0. The van der Waals surface area contributed by atoms with E-state index in [1.807, 2.05) is 30.3 Å². The van der Waals surface area contributed by atoms with Gasteiger partial charge in [0.1, 0.15) is 5.69 Å². The lowest BCUT2D eigenvalue weighted by molar-refractivity contribution is -0.137. The molecule has 0 saturated heterocycles. The summed E-state index contributed by atoms with van der Waals surface area (Å²) in [5.41, 5.74) is 0.665. The normalized spacial score (nSPS) is 10.3. The first kappa shape index (κ1) is 16.4. The lowest BCUT2D eigenvalue weighted by Gasteiger charge is -2.22. The Hall–Kier alpha value is -2.96. The van der Waals surface area contributed by atoms with Crippen LogP contribution < -0.4 is 5.56 Å². The van der Waals surface area contributed by atoms with Crippen molar-refractivity contribution in [2.45, 2.75) is 19.4 Å². The van der Waals surface area contributed by atoms with E-state index in [9.17, 15) is 14.4 Å². The molecule has 120 valence electrons. The minimum absolute atomic E-state index is 0.0162. The number of carboxylic acid groups (broad SMARTS) is 1. The molecular weight excluding hydrogens is 298 g/mol. The second-order valence-corrected chi connectivity index (χ2v) is 5.02. The zero-order valence-electron chi connectivity index (χ0n) is 12.4. The molecule has 0 aliphatic carbocycles. The van der Waals surface area contributed by atoms with E-state index in [0.29, 0.717) is 19.5 Å². The zero-order chi connectivity index (χ0) is 16.7. The van der Waals surface area contributed by atoms with Crippen LogP contribution in [0.5, 0.6) is 0 Å². The molecular formula is C16H17N3O4. The molecule has 1 aromatic heterocycles. The molecule has 1 amide bonds. The maximum Gasteiger partial charge on any atom is 0.303 e. The molecule has 0 radical (unpaired) electrons. The number of benzene rings is 1. The number of aromatic nitrogens is 2. The topological polar surface area (TPSA) is 103 Å². The highest BCUT2D eigenvalue weighted by Crippen LogP contribution is 2.09. The van der Waals surface area contributed by atoms with Gasteiger partial charge in [0, 0.05) is 25.6 Å². The summed E-state index contributed by atoms with van der Waals surface area (Å²) in [4.78, 5) is 35.8. The van der Waals surface area contributed by atoms with Gasteiger partial charge in [-0.15, -0.1) is 0 Å². The van der Waals surface area contributed by atoms with E-state index in [-0.39, 0.29) is 23.6 Å². The van der Waals surface area contributed by atoms with Crippen molar-refractivity contribution in [2.75, 3.05) is 6.54 Å². The van der Waals surface area contributed by atoms with Crippen LogP contribution in [0.4, 0.5) is 0 Å². The number of rotatable bonds is 7. The van der Waals surface area contributed by atoms with Crippen LogP contribution >= 0.6 is 0 Å². The molecule has 7 nitrogen and oxygen atoms in total. The fourth-order valence-electron chi connectivity index (χ4n) is 2.10. The van der Waals surface area contributed by atoms with Gasteiger partial charge in [0.25, 0.3) is 11.5 Å². The van der Waals surface area contributed by atoms with Crippen molar-refractivity contribution in [3.05, 3.63) is 64.1 Å². The third-order valence-electron chi connectivity index (χ3n) is 3.22. The summed E-state index contributed by atoms with van der Waals surface area (Å²) in [6.45, 7) is 0.640. The molecule has 0 atom stereocenters. The van der Waals surface area contributed by atoms with E-state index >= 15 is 0 Å². The van der Waals surface area contributed by atoms with Gasteiger partial charge in [-0.2, -0.15) is 5.10 Å². The van der Waals surface area contributed by atoms with Gasteiger partial charge in [-0.05, 0) is 18.1 Å². The molecule has 0 unspecified atom stereocenters. The first-order valence-corrected chi connectivity index (χ1v) is 7.17. The predicted molar refractivity (Wildman–Crippen MR) is 82.9 cm³/mol. The van der Waals surface area contributed by atoms with Crippen LogP contribution in [0, 0.1) is 0 Å². The Kier molecular flexibility index (Phi) is 5.62. The van der Waals surface area contributed by atoms with Crippen LogP contribution in [0.2, 0.25) is 0 Å². The van der Waals surface area contributed by atoms with Crippen LogP contribution in [0.3, 0.4) is 0 Å². The van der Waals surface area contributed by atoms with Crippen LogP contribution in [0.15, 0.2) is 47.3 Å². The van der Waals surface area contributed by atoms with Gasteiger partial charge >= 0.3 is 5.97 Å². The lowest BCUT2D eigenvalue weighted by Crippen LogP contribution is -2.33. The third-order valence-corrected chi connectivity index (χ3v) is 3.22. The Labute approximate surface area is 132 Å². The monoisotopic (exact) mass is 315 g/mol. The number of carboxylic acids is 1. The molecule has 1 aromatic carbocycles. The molecule has 23 heavy (non-hydrogen) atoms. The van der Waals surface area contributed by atoms with Gasteiger partial charge < -0.3 is 10.0 Å². The van der Waals surface area contributed by atoms with Crippen molar-refractivity contribution in [1.82, 2.24) is 15.1 Å². The van der Waals surface area contributed by atoms with Gasteiger partial charge in [0.05, 0.1) is 0 Å². The Morgan fingerprint density at radius 2 is 1.87 bits per heavy atom. The second kappa shape index (κ2) is 7.88. The smallest absolute Gasteiger partial charge is 0.303 e. The molecule has 2 N–H and O–H groups in total. The van der Waals surface area contributed by atoms with Crippen molar-refractivity contribution < 1.29 is 14.7 Å². The third kappa shape index (κ3) is 5.06. The minimum atomic E-state index is -0.903. The van der Waals surface area contributed by atoms with Crippen LogP contribution in [-0.4, -0.2) is 38.6 Å². The van der Waals surface area contributed by atoms with Crippen molar-refractivity contribution >= 4 is 11.9 Å². The molecule has 1 heterocycles. The minimum Gasteiger partial charge on any atom is -0.481 e. The summed E-state index contributed by atoms with van der Waals surface area (Å²) in [7, 11) is 0. The summed E-state index contributed by atoms with van der Waals surface area (Å²) in [5, 5.41) is 14.7. The first-order valence-electron chi connectivity index (χ1n) is 7.17. The predicted octanol–water partition coefficient (Wildman–Crippen LogP) is 1.28. The maximum absolute atomic E-state index is 12.5. The Morgan fingerprint density at radius 3 is 2.48 bits per heavy atom. The number of hydrogen-bond donors (Lipinski definition) is 2. The highest BCUT2D eigenvalue weighted by molar-refractivity contribution is 5.92. The van der Waals surface area contributed by atoms with E-state index in [4.69, 9.17) is 5.11 Å². The SMILES string of the molecule is O=C(O)CCCN(Cc1ccccc1)C(=O)c1ccc(=O)[nH]n1. The van der Waals surface area contributed by atoms with E-state index in [1.54, 1.807) is 0 Å². The van der Waals surface area contributed by atoms with Gasteiger partial charge in [0.2, 0.25) is 0 Å². The summed E-state index contributed by atoms with van der Waals surface area (Å²) in [5.74, 6) is -1.25. The maximum atomic E-state index is 12.5. The van der Waals surface area contributed by atoms with E-state index in [1.165, 1.54) is 17.0 Å². The molecule has 0 saturated carbocycles. The number of amides is 1. The molecule has 0 bridgehead atoms. The number of aliphatic carboxylic acids is 1. The Balaban J connectivity index is 2.14. The van der Waals surface area contributed by atoms with E-state index in [0.717, 1.165) is 5.56 Å². The Bertz CT molecular complexity index is 707. The van der Waals surface area contributed by atoms with Crippen molar-refractivity contribution in [1.29, 1.82) is 0 Å². The number of hydrogen-bond acceptors (Lipinski definition) is 4. The highest BCUT2D eigenvalue weighted by atomic mass is 16.4. The zero-order valence-corrected chi connectivity index (χ0v) is 12.4. The summed E-state index contributed by atoms with van der Waals surface area (Å²) in [6, 6.07) is 12.0. The fourth-order valence-corrected chi connectivity index (χ4v) is 2.10. The quantitative estimate of drug-likeness (QED) is 0.801. The molecule has 2 aromatic rings. The standard InChI is InChI=1S/C16H17N3O4/c20-14-9-8-13(17-18-14)16(23)19(10-4-7-15(21)22)11-12-5-2-1-3-6-12/h1-3,5-6,8-9H,4,7,10-11H2,(H,18,20)(H,21,22). The Morgan fingerprint density at radius 1 is 1.13 bits per heavy atom. The highest BCUT2D eigenvalue weighted by Gasteiger charge is 2.18. The lowest BCUT2D eigenvalue weighted by atomic mass is 10.2. The second-order valence-electron chi connectivity index (χ2n) is 5.02. The number of carbonyl (C=O) groups excluding carboxylic acids is 1. The molecule has 0 aliphatic heterocycles. The van der Waals surface area contributed by atoms with E-state index < -0.39 is 5.97 Å².